The molecule has 1 saturated heterocycles. The van der Waals surface area contributed by atoms with Gasteiger partial charge in [-0.3, -0.25) is 14.5 Å². The zero-order valence-electron chi connectivity index (χ0n) is 12.3. The largest absolute Gasteiger partial charge is 0.480 e. The number of nitrogens with zero attached hydrogens (tertiary/aromatic N) is 1. The van der Waals surface area contributed by atoms with Gasteiger partial charge in [0.05, 0.1) is 0 Å². The summed E-state index contributed by atoms with van der Waals surface area (Å²) < 4.78 is 0. The number of nitrogens with one attached hydrogen (secondary N) is 1. The van der Waals surface area contributed by atoms with Crippen LogP contribution in [-0.4, -0.2) is 47.1 Å². The zero-order valence-corrected chi connectivity index (χ0v) is 12.3. The van der Waals surface area contributed by atoms with Gasteiger partial charge in [-0.2, -0.15) is 0 Å². The van der Waals surface area contributed by atoms with Gasteiger partial charge in [0.15, 0.2) is 0 Å². The third-order valence-electron chi connectivity index (χ3n) is 4.76. The first kappa shape index (κ1) is 15.3. The normalized spacial score (nSPS) is 24.2. The number of carboxylic acids is 1. The van der Waals surface area contributed by atoms with Crippen molar-refractivity contribution >= 4 is 11.9 Å². The molecule has 0 aromatic carbocycles. The van der Waals surface area contributed by atoms with Crippen molar-refractivity contribution in [2.75, 3.05) is 13.1 Å². The Bertz CT molecular complexity index is 345. The van der Waals surface area contributed by atoms with Crippen molar-refractivity contribution in [1.29, 1.82) is 0 Å². The van der Waals surface area contributed by atoms with Gasteiger partial charge in [-0.1, -0.05) is 19.3 Å². The lowest BCUT2D eigenvalue weighted by Crippen LogP contribution is -2.48. The van der Waals surface area contributed by atoms with Gasteiger partial charge in [-0.15, -0.1) is 0 Å². The van der Waals surface area contributed by atoms with Crippen LogP contribution in [0.5, 0.6) is 0 Å². The smallest absolute Gasteiger partial charge is 0.320 e. The first-order valence-corrected chi connectivity index (χ1v) is 7.85. The zero-order chi connectivity index (χ0) is 14.5. The van der Waals surface area contributed by atoms with Gasteiger partial charge in [0.25, 0.3) is 0 Å². The van der Waals surface area contributed by atoms with E-state index in [1.807, 2.05) is 4.90 Å². The Balaban J connectivity index is 1.75. The molecule has 114 valence electrons. The average molecular weight is 282 g/mol. The molecule has 20 heavy (non-hydrogen) atoms. The fourth-order valence-corrected chi connectivity index (χ4v) is 3.27. The van der Waals surface area contributed by atoms with Crippen molar-refractivity contribution in [1.82, 2.24) is 10.2 Å². The highest BCUT2D eigenvalue weighted by molar-refractivity contribution is 5.79. The summed E-state index contributed by atoms with van der Waals surface area (Å²) in [4.78, 5) is 25.1. The highest BCUT2D eigenvalue weighted by Gasteiger charge is 2.30. The molecule has 2 N–H and O–H groups in total. The standard InChI is InChI=1S/C15H26N2O3/c1-11(15(19)20)17-9-7-12(8-10-17)14(18)16-13-5-3-2-4-6-13/h11-13H,2-10H2,1H3,(H,16,18)(H,19,20). The van der Waals surface area contributed by atoms with Crippen molar-refractivity contribution < 1.29 is 14.7 Å². The van der Waals surface area contributed by atoms with Crippen LogP contribution in [0.15, 0.2) is 0 Å². The second kappa shape index (κ2) is 7.07. The molecule has 1 aliphatic carbocycles. The predicted octanol–water partition coefficient (Wildman–Crippen LogP) is 1.62. The summed E-state index contributed by atoms with van der Waals surface area (Å²) in [6, 6.07) is -0.0791. The fourth-order valence-electron chi connectivity index (χ4n) is 3.27. The lowest BCUT2D eigenvalue weighted by atomic mass is 9.92. The first-order chi connectivity index (χ1) is 9.58. The second-order valence-corrected chi connectivity index (χ2v) is 6.17. The number of carbonyl (C=O) groups excluding carboxylic acids is 1. The van der Waals surface area contributed by atoms with E-state index in [-0.39, 0.29) is 11.8 Å². The van der Waals surface area contributed by atoms with Crippen LogP contribution in [0.1, 0.15) is 51.9 Å². The van der Waals surface area contributed by atoms with E-state index in [4.69, 9.17) is 5.11 Å². The maximum atomic E-state index is 12.2. The number of likely N-dealkylation sites (tertiary alicyclic amines) is 1. The van der Waals surface area contributed by atoms with E-state index in [0.29, 0.717) is 19.1 Å². The van der Waals surface area contributed by atoms with Crippen LogP contribution in [0.25, 0.3) is 0 Å². The molecule has 0 radical (unpaired) electrons. The fraction of sp³-hybridized carbons (Fsp3) is 0.867. The lowest BCUT2D eigenvalue weighted by Gasteiger charge is -2.34. The number of carbonyl (C=O) groups is 2. The van der Waals surface area contributed by atoms with Gasteiger partial charge in [0.1, 0.15) is 6.04 Å². The van der Waals surface area contributed by atoms with Gasteiger partial charge in [-0.05, 0) is 45.7 Å². The summed E-state index contributed by atoms with van der Waals surface area (Å²) in [6.45, 7) is 3.12. The second-order valence-electron chi connectivity index (χ2n) is 6.17. The summed E-state index contributed by atoms with van der Waals surface area (Å²) in [7, 11) is 0. The van der Waals surface area contributed by atoms with Crippen LogP contribution in [0.2, 0.25) is 0 Å². The molecule has 2 aliphatic rings. The predicted molar refractivity (Wildman–Crippen MR) is 76.4 cm³/mol. The molecule has 1 unspecified atom stereocenters. The van der Waals surface area contributed by atoms with Gasteiger partial charge in [0, 0.05) is 12.0 Å². The summed E-state index contributed by atoms with van der Waals surface area (Å²) in [5, 5.41) is 12.2. The number of carboxylic acid groups (broad SMARTS) is 1. The molecule has 0 aromatic heterocycles. The van der Waals surface area contributed by atoms with Crippen molar-refractivity contribution in [3.8, 4) is 0 Å². The molecule has 1 aliphatic heterocycles. The average Bonchev–Trinajstić information content (AvgIpc) is 2.47. The molecule has 2 rings (SSSR count). The molecule has 2 fully saturated rings. The van der Waals surface area contributed by atoms with Gasteiger partial charge in [0.2, 0.25) is 5.91 Å². The summed E-state index contributed by atoms with van der Waals surface area (Å²) in [6.07, 6.45) is 7.50. The Labute approximate surface area is 120 Å². The number of rotatable bonds is 4. The van der Waals surface area contributed by atoms with Crippen molar-refractivity contribution in [2.45, 2.75) is 64.0 Å². The third-order valence-corrected chi connectivity index (χ3v) is 4.76. The number of hydrogen-bond acceptors (Lipinski definition) is 3. The highest BCUT2D eigenvalue weighted by Crippen LogP contribution is 2.22. The summed E-state index contributed by atoms with van der Waals surface area (Å²) >= 11 is 0. The van der Waals surface area contributed by atoms with Gasteiger partial charge < -0.3 is 10.4 Å². The molecule has 1 atom stereocenters. The molecule has 0 aromatic rings. The van der Waals surface area contributed by atoms with E-state index in [2.05, 4.69) is 5.32 Å². The van der Waals surface area contributed by atoms with Crippen LogP contribution in [-0.2, 0) is 9.59 Å². The van der Waals surface area contributed by atoms with E-state index >= 15 is 0 Å². The van der Waals surface area contributed by atoms with E-state index in [9.17, 15) is 9.59 Å². The number of hydrogen-bond donors (Lipinski definition) is 2. The van der Waals surface area contributed by atoms with Crippen LogP contribution in [0.4, 0.5) is 0 Å². The Morgan fingerprint density at radius 2 is 1.70 bits per heavy atom. The van der Waals surface area contributed by atoms with Crippen molar-refractivity contribution in [3.05, 3.63) is 0 Å². The third kappa shape index (κ3) is 3.95. The molecule has 5 heteroatoms. The molecule has 0 spiro atoms. The summed E-state index contributed by atoms with van der Waals surface area (Å²) in [5.41, 5.74) is 0. The van der Waals surface area contributed by atoms with Gasteiger partial charge >= 0.3 is 5.97 Å². The van der Waals surface area contributed by atoms with E-state index in [1.54, 1.807) is 6.92 Å². The van der Waals surface area contributed by atoms with Crippen molar-refractivity contribution in [2.24, 2.45) is 5.92 Å². The Morgan fingerprint density at radius 3 is 2.25 bits per heavy atom. The maximum Gasteiger partial charge on any atom is 0.320 e. The monoisotopic (exact) mass is 282 g/mol. The van der Waals surface area contributed by atoms with E-state index < -0.39 is 12.0 Å². The minimum absolute atomic E-state index is 0.0640. The molecule has 1 amide bonds. The van der Waals surface area contributed by atoms with E-state index in [1.165, 1.54) is 19.3 Å². The van der Waals surface area contributed by atoms with E-state index in [0.717, 1.165) is 25.7 Å². The number of aliphatic carboxylic acids is 1. The van der Waals surface area contributed by atoms with Crippen LogP contribution >= 0.6 is 0 Å². The highest BCUT2D eigenvalue weighted by atomic mass is 16.4. The first-order valence-electron chi connectivity index (χ1n) is 7.85. The molecule has 5 nitrogen and oxygen atoms in total. The topological polar surface area (TPSA) is 69.6 Å². The number of amides is 1. The molecular weight excluding hydrogens is 256 g/mol. The maximum absolute atomic E-state index is 12.2. The summed E-state index contributed by atoms with van der Waals surface area (Å²) in [5.74, 6) is -0.538. The quantitative estimate of drug-likeness (QED) is 0.822. The Kier molecular flexibility index (Phi) is 5.40. The molecule has 1 heterocycles. The SMILES string of the molecule is CC(C(=O)O)N1CCC(C(=O)NC2CCCCC2)CC1. The molecule has 0 bridgehead atoms. The van der Waals surface area contributed by atoms with Gasteiger partial charge in [-0.25, -0.2) is 0 Å². The molecule has 1 saturated carbocycles. The molecular formula is C15H26N2O3. The van der Waals surface area contributed by atoms with Crippen molar-refractivity contribution in [3.63, 3.8) is 0 Å². The van der Waals surface area contributed by atoms with Crippen LogP contribution in [0, 0.1) is 5.92 Å². The Morgan fingerprint density at radius 1 is 1.10 bits per heavy atom. The van der Waals surface area contributed by atoms with Crippen LogP contribution in [0.3, 0.4) is 0 Å². The number of piperidine rings is 1. The minimum atomic E-state index is -0.782. The Hall–Kier alpha value is -1.10. The minimum Gasteiger partial charge on any atom is -0.480 e. The van der Waals surface area contributed by atoms with Crippen LogP contribution < -0.4 is 5.32 Å². The lowest BCUT2D eigenvalue weighted by molar-refractivity contribution is -0.143.